The van der Waals surface area contributed by atoms with Crippen molar-refractivity contribution < 1.29 is 4.79 Å². The summed E-state index contributed by atoms with van der Waals surface area (Å²) in [6, 6.07) is 2.67. The molecule has 2 heterocycles. The highest BCUT2D eigenvalue weighted by Gasteiger charge is 2.22. The van der Waals surface area contributed by atoms with E-state index in [0.717, 1.165) is 56.9 Å². The number of hydrogen-bond acceptors (Lipinski definition) is 3. The Kier molecular flexibility index (Phi) is 6.54. The molecule has 1 aromatic heterocycles. The fourth-order valence-electron chi connectivity index (χ4n) is 4.44. The van der Waals surface area contributed by atoms with Crippen LogP contribution in [0.15, 0.2) is 6.07 Å². The molecule has 5 nitrogen and oxygen atoms in total. The normalized spacial score (nSPS) is 19.9. The molecular weight excluding hydrogens is 312 g/mol. The van der Waals surface area contributed by atoms with Crippen molar-refractivity contribution in [3.05, 3.63) is 23.0 Å². The lowest BCUT2D eigenvalue weighted by atomic mass is 9.95. The third kappa shape index (κ3) is 4.64. The van der Waals surface area contributed by atoms with E-state index in [1.54, 1.807) is 0 Å². The van der Waals surface area contributed by atoms with E-state index in [0.29, 0.717) is 6.04 Å². The fourth-order valence-corrected chi connectivity index (χ4v) is 4.44. The van der Waals surface area contributed by atoms with Crippen molar-refractivity contribution in [1.29, 1.82) is 0 Å². The molecule has 2 N–H and O–H groups in total. The molecule has 1 aliphatic heterocycles. The van der Waals surface area contributed by atoms with Gasteiger partial charge in [-0.2, -0.15) is 0 Å². The second kappa shape index (κ2) is 8.86. The molecule has 2 fully saturated rings. The maximum atomic E-state index is 12.6. The van der Waals surface area contributed by atoms with Crippen LogP contribution in [0.5, 0.6) is 0 Å². The SMILES string of the molecule is Cc1cc(C(=O)NCCCN2CCNCC2)c(C)n1C1CCCCC1. The highest BCUT2D eigenvalue weighted by molar-refractivity contribution is 5.95. The van der Waals surface area contributed by atoms with E-state index in [1.165, 1.54) is 37.8 Å². The molecule has 5 heteroatoms. The quantitative estimate of drug-likeness (QED) is 0.779. The minimum absolute atomic E-state index is 0.0930. The van der Waals surface area contributed by atoms with Gasteiger partial charge in [-0.3, -0.25) is 4.79 Å². The topological polar surface area (TPSA) is 49.3 Å². The Bertz CT molecular complexity index is 568. The van der Waals surface area contributed by atoms with Gasteiger partial charge in [0, 0.05) is 50.2 Å². The number of piperazine rings is 1. The molecule has 1 saturated heterocycles. The Hall–Kier alpha value is -1.33. The summed E-state index contributed by atoms with van der Waals surface area (Å²) in [5.74, 6) is 0.0930. The first-order chi connectivity index (χ1) is 12.2. The van der Waals surface area contributed by atoms with Gasteiger partial charge in [-0.15, -0.1) is 0 Å². The van der Waals surface area contributed by atoms with Crippen LogP contribution in [0.2, 0.25) is 0 Å². The van der Waals surface area contributed by atoms with E-state index in [2.05, 4.69) is 40.0 Å². The first-order valence-corrected chi connectivity index (χ1v) is 10.1. The second-order valence-electron chi connectivity index (χ2n) is 7.65. The largest absolute Gasteiger partial charge is 0.352 e. The summed E-state index contributed by atoms with van der Waals surface area (Å²) in [5.41, 5.74) is 3.24. The molecule has 1 aliphatic carbocycles. The van der Waals surface area contributed by atoms with E-state index in [9.17, 15) is 4.79 Å². The number of rotatable bonds is 6. The standard InChI is InChI=1S/C20H34N4O/c1-16-15-19(17(2)24(16)18-7-4-3-5-8-18)20(25)22-9-6-12-23-13-10-21-11-14-23/h15,18,21H,3-14H2,1-2H3,(H,22,25). The van der Waals surface area contributed by atoms with Crippen LogP contribution in [0.25, 0.3) is 0 Å². The molecular formula is C20H34N4O. The first kappa shape index (κ1) is 18.5. The number of nitrogens with one attached hydrogen (secondary N) is 2. The minimum atomic E-state index is 0.0930. The summed E-state index contributed by atoms with van der Waals surface area (Å²) < 4.78 is 2.41. The van der Waals surface area contributed by atoms with Gasteiger partial charge in [-0.1, -0.05) is 19.3 Å². The number of aryl methyl sites for hydroxylation is 1. The Morgan fingerprint density at radius 2 is 1.92 bits per heavy atom. The zero-order valence-electron chi connectivity index (χ0n) is 15.9. The summed E-state index contributed by atoms with van der Waals surface area (Å²) in [7, 11) is 0. The third-order valence-corrected chi connectivity index (χ3v) is 5.82. The molecule has 1 amide bonds. The maximum absolute atomic E-state index is 12.6. The Labute approximate surface area is 152 Å². The van der Waals surface area contributed by atoms with E-state index >= 15 is 0 Å². The molecule has 0 bridgehead atoms. The van der Waals surface area contributed by atoms with Gasteiger partial charge in [-0.25, -0.2) is 0 Å². The van der Waals surface area contributed by atoms with Crippen molar-refractivity contribution in [3.8, 4) is 0 Å². The molecule has 0 unspecified atom stereocenters. The zero-order valence-corrected chi connectivity index (χ0v) is 15.9. The molecule has 0 spiro atoms. The van der Waals surface area contributed by atoms with E-state index in [4.69, 9.17) is 0 Å². The van der Waals surface area contributed by atoms with Crippen molar-refractivity contribution >= 4 is 5.91 Å². The third-order valence-electron chi connectivity index (χ3n) is 5.82. The molecule has 0 atom stereocenters. The monoisotopic (exact) mass is 346 g/mol. The number of hydrogen-bond donors (Lipinski definition) is 2. The van der Waals surface area contributed by atoms with Crippen LogP contribution in [0, 0.1) is 13.8 Å². The van der Waals surface area contributed by atoms with Crippen molar-refractivity contribution in [2.24, 2.45) is 0 Å². The van der Waals surface area contributed by atoms with Crippen LogP contribution < -0.4 is 10.6 Å². The molecule has 0 aromatic carbocycles. The van der Waals surface area contributed by atoms with Crippen LogP contribution in [0.1, 0.15) is 66.3 Å². The predicted octanol–water partition coefficient (Wildman–Crippen LogP) is 2.64. The van der Waals surface area contributed by atoms with E-state index in [1.807, 2.05) is 0 Å². The molecule has 1 saturated carbocycles. The summed E-state index contributed by atoms with van der Waals surface area (Å²) in [5, 5.41) is 6.50. The smallest absolute Gasteiger partial charge is 0.253 e. The molecule has 140 valence electrons. The van der Waals surface area contributed by atoms with E-state index < -0.39 is 0 Å². The Balaban J connectivity index is 1.51. The van der Waals surface area contributed by atoms with Gasteiger partial charge in [0.2, 0.25) is 0 Å². The average Bonchev–Trinajstić information content (AvgIpc) is 2.94. The lowest BCUT2D eigenvalue weighted by Gasteiger charge is -2.27. The molecule has 3 rings (SSSR count). The van der Waals surface area contributed by atoms with Gasteiger partial charge in [-0.05, 0) is 45.7 Å². The summed E-state index contributed by atoms with van der Waals surface area (Å²) in [4.78, 5) is 15.1. The first-order valence-electron chi connectivity index (χ1n) is 10.1. The van der Waals surface area contributed by atoms with Crippen LogP contribution in [-0.2, 0) is 0 Å². The fraction of sp³-hybridized carbons (Fsp3) is 0.750. The van der Waals surface area contributed by atoms with Crippen molar-refractivity contribution in [2.75, 3.05) is 39.3 Å². The van der Waals surface area contributed by atoms with Gasteiger partial charge >= 0.3 is 0 Å². The minimum Gasteiger partial charge on any atom is -0.352 e. The van der Waals surface area contributed by atoms with Gasteiger partial charge in [0.25, 0.3) is 5.91 Å². The number of nitrogens with zero attached hydrogens (tertiary/aromatic N) is 2. The molecule has 25 heavy (non-hydrogen) atoms. The number of amides is 1. The molecule has 2 aliphatic rings. The Morgan fingerprint density at radius 3 is 2.64 bits per heavy atom. The van der Waals surface area contributed by atoms with Crippen molar-refractivity contribution in [3.63, 3.8) is 0 Å². The molecule has 1 aromatic rings. The zero-order chi connectivity index (χ0) is 17.6. The van der Waals surface area contributed by atoms with E-state index in [-0.39, 0.29) is 5.91 Å². The van der Waals surface area contributed by atoms with Crippen LogP contribution in [0.3, 0.4) is 0 Å². The maximum Gasteiger partial charge on any atom is 0.253 e. The average molecular weight is 347 g/mol. The highest BCUT2D eigenvalue weighted by Crippen LogP contribution is 2.32. The highest BCUT2D eigenvalue weighted by atomic mass is 16.1. The van der Waals surface area contributed by atoms with Gasteiger partial charge in [0.1, 0.15) is 0 Å². The van der Waals surface area contributed by atoms with Crippen LogP contribution >= 0.6 is 0 Å². The number of carbonyl (C=O) groups excluding carboxylic acids is 1. The summed E-state index contributed by atoms with van der Waals surface area (Å²) in [6.45, 7) is 10.5. The van der Waals surface area contributed by atoms with Crippen LogP contribution in [-0.4, -0.2) is 54.6 Å². The summed E-state index contributed by atoms with van der Waals surface area (Å²) >= 11 is 0. The van der Waals surface area contributed by atoms with Gasteiger partial charge in [0.05, 0.1) is 5.56 Å². The van der Waals surface area contributed by atoms with Crippen LogP contribution in [0.4, 0.5) is 0 Å². The number of carbonyl (C=O) groups is 1. The predicted molar refractivity (Wildman–Crippen MR) is 102 cm³/mol. The summed E-state index contributed by atoms with van der Waals surface area (Å²) in [6.07, 6.45) is 7.51. The lowest BCUT2D eigenvalue weighted by Crippen LogP contribution is -2.44. The van der Waals surface area contributed by atoms with Gasteiger partial charge in [0.15, 0.2) is 0 Å². The second-order valence-corrected chi connectivity index (χ2v) is 7.65. The van der Waals surface area contributed by atoms with Crippen molar-refractivity contribution in [1.82, 2.24) is 20.1 Å². The number of aromatic nitrogens is 1. The Morgan fingerprint density at radius 1 is 1.20 bits per heavy atom. The molecule has 0 radical (unpaired) electrons. The van der Waals surface area contributed by atoms with Crippen molar-refractivity contribution in [2.45, 2.75) is 58.4 Å². The van der Waals surface area contributed by atoms with Gasteiger partial charge < -0.3 is 20.1 Å². The lowest BCUT2D eigenvalue weighted by molar-refractivity contribution is 0.0950.